The van der Waals surface area contributed by atoms with Crippen LogP contribution in [0.5, 0.6) is 0 Å². The van der Waals surface area contributed by atoms with Crippen molar-refractivity contribution in [1.29, 1.82) is 0 Å². The minimum absolute atomic E-state index is 0.348. The highest BCUT2D eigenvalue weighted by Crippen LogP contribution is 2.16. The lowest BCUT2D eigenvalue weighted by molar-refractivity contribution is 0.127. The predicted molar refractivity (Wildman–Crippen MR) is 67.7 cm³/mol. The molecule has 1 aromatic heterocycles. The van der Waals surface area contributed by atoms with Crippen LogP contribution in [0.15, 0.2) is 18.5 Å². The van der Waals surface area contributed by atoms with Gasteiger partial charge in [0.25, 0.3) is 0 Å². The van der Waals surface area contributed by atoms with Gasteiger partial charge >= 0.3 is 0 Å². The van der Waals surface area contributed by atoms with E-state index in [4.69, 9.17) is 4.74 Å². The highest BCUT2D eigenvalue weighted by atomic mass is 16.5. The molecule has 1 rings (SSSR count). The van der Waals surface area contributed by atoms with Crippen LogP contribution < -0.4 is 5.32 Å². The number of rotatable bonds is 6. The molecule has 1 heterocycles. The molecule has 1 aromatic rings. The first-order chi connectivity index (χ1) is 7.65. The fourth-order valence-corrected chi connectivity index (χ4v) is 1.48. The number of nitrogens with zero attached hydrogens (tertiary/aromatic N) is 1. The van der Waals surface area contributed by atoms with Gasteiger partial charge in [0, 0.05) is 24.7 Å². The van der Waals surface area contributed by atoms with Crippen molar-refractivity contribution >= 4 is 5.69 Å². The Kier molecular flexibility index (Phi) is 5.26. The van der Waals surface area contributed by atoms with E-state index in [-0.39, 0.29) is 0 Å². The van der Waals surface area contributed by atoms with Gasteiger partial charge in [0.2, 0.25) is 0 Å². The Labute approximate surface area is 98.2 Å². The molecule has 0 radical (unpaired) electrons. The lowest BCUT2D eigenvalue weighted by Gasteiger charge is -2.24. The maximum absolute atomic E-state index is 5.49. The van der Waals surface area contributed by atoms with Crippen LogP contribution in [0.1, 0.15) is 26.3 Å². The van der Waals surface area contributed by atoms with E-state index >= 15 is 0 Å². The number of pyridine rings is 1. The first-order valence-corrected chi connectivity index (χ1v) is 5.90. The highest BCUT2D eigenvalue weighted by molar-refractivity contribution is 5.49. The Bertz CT molecular complexity index is 313. The third-order valence-electron chi connectivity index (χ3n) is 2.67. The van der Waals surface area contributed by atoms with Crippen molar-refractivity contribution in [2.24, 2.45) is 5.92 Å². The molecule has 0 spiro atoms. The number of nitrogens with one attached hydrogen (secondary N) is 1. The first kappa shape index (κ1) is 13.0. The van der Waals surface area contributed by atoms with E-state index in [0.717, 1.165) is 18.9 Å². The largest absolute Gasteiger partial charge is 0.380 e. The molecular weight excluding hydrogens is 200 g/mol. The summed E-state index contributed by atoms with van der Waals surface area (Å²) >= 11 is 0. The van der Waals surface area contributed by atoms with Gasteiger partial charge in [-0.05, 0) is 31.4 Å². The Balaban J connectivity index is 2.64. The molecule has 0 aliphatic carbocycles. The van der Waals surface area contributed by atoms with Crippen LogP contribution in [0.3, 0.4) is 0 Å². The number of hydrogen-bond donors (Lipinski definition) is 1. The van der Waals surface area contributed by atoms with Crippen LogP contribution in [0.4, 0.5) is 5.69 Å². The topological polar surface area (TPSA) is 34.1 Å². The van der Waals surface area contributed by atoms with Gasteiger partial charge in [-0.25, -0.2) is 0 Å². The molecule has 0 aliphatic heterocycles. The normalized spacial score (nSPS) is 12.8. The fourth-order valence-electron chi connectivity index (χ4n) is 1.48. The zero-order chi connectivity index (χ0) is 12.0. The molecule has 1 unspecified atom stereocenters. The fraction of sp³-hybridized carbons (Fsp3) is 0.615. The van der Waals surface area contributed by atoms with Crippen molar-refractivity contribution in [2.45, 2.75) is 33.7 Å². The Morgan fingerprint density at radius 3 is 2.75 bits per heavy atom. The second-order valence-corrected chi connectivity index (χ2v) is 4.34. The van der Waals surface area contributed by atoms with Gasteiger partial charge in [-0.2, -0.15) is 0 Å². The summed E-state index contributed by atoms with van der Waals surface area (Å²) in [6.45, 7) is 10.00. The smallest absolute Gasteiger partial charge is 0.0670 e. The lowest BCUT2D eigenvalue weighted by Crippen LogP contribution is -2.31. The number of hydrogen-bond acceptors (Lipinski definition) is 3. The SMILES string of the molecule is CCOCC(Nc1ccncc1C)C(C)C. The second kappa shape index (κ2) is 6.48. The number of aromatic nitrogens is 1. The third-order valence-corrected chi connectivity index (χ3v) is 2.67. The van der Waals surface area contributed by atoms with Crippen LogP contribution in [-0.2, 0) is 4.74 Å². The van der Waals surface area contributed by atoms with Crippen molar-refractivity contribution in [2.75, 3.05) is 18.5 Å². The van der Waals surface area contributed by atoms with Crippen LogP contribution in [0, 0.1) is 12.8 Å². The number of aryl methyl sites for hydroxylation is 1. The van der Waals surface area contributed by atoms with Crippen molar-refractivity contribution < 1.29 is 4.74 Å². The maximum atomic E-state index is 5.49. The summed E-state index contributed by atoms with van der Waals surface area (Å²) in [4.78, 5) is 4.09. The van der Waals surface area contributed by atoms with E-state index in [2.05, 4.69) is 31.1 Å². The molecule has 3 heteroatoms. The zero-order valence-corrected chi connectivity index (χ0v) is 10.7. The average molecular weight is 222 g/mol. The summed E-state index contributed by atoms with van der Waals surface area (Å²) in [5.74, 6) is 0.541. The third kappa shape index (κ3) is 3.81. The van der Waals surface area contributed by atoms with Crippen LogP contribution in [0.25, 0.3) is 0 Å². The molecule has 16 heavy (non-hydrogen) atoms. The van der Waals surface area contributed by atoms with E-state index < -0.39 is 0 Å². The van der Waals surface area contributed by atoms with Gasteiger partial charge in [0.1, 0.15) is 0 Å². The molecule has 0 fully saturated rings. The highest BCUT2D eigenvalue weighted by Gasteiger charge is 2.13. The Morgan fingerprint density at radius 1 is 1.44 bits per heavy atom. The summed E-state index contributed by atoms with van der Waals surface area (Å²) < 4.78 is 5.49. The molecule has 90 valence electrons. The van der Waals surface area contributed by atoms with Crippen molar-refractivity contribution in [1.82, 2.24) is 4.98 Å². The van der Waals surface area contributed by atoms with Gasteiger partial charge in [0.15, 0.2) is 0 Å². The first-order valence-electron chi connectivity index (χ1n) is 5.90. The summed E-state index contributed by atoms with van der Waals surface area (Å²) in [5, 5.41) is 3.52. The molecule has 0 bridgehead atoms. The summed E-state index contributed by atoms with van der Waals surface area (Å²) in [5.41, 5.74) is 2.32. The maximum Gasteiger partial charge on any atom is 0.0670 e. The van der Waals surface area contributed by atoms with Crippen molar-refractivity contribution in [3.63, 3.8) is 0 Å². The van der Waals surface area contributed by atoms with Gasteiger partial charge in [-0.1, -0.05) is 13.8 Å². The van der Waals surface area contributed by atoms with E-state index in [1.807, 2.05) is 25.4 Å². The van der Waals surface area contributed by atoms with Gasteiger partial charge in [-0.15, -0.1) is 0 Å². The molecule has 1 atom stereocenters. The molecular formula is C13H22N2O. The summed E-state index contributed by atoms with van der Waals surface area (Å²) in [6.07, 6.45) is 3.69. The standard InChI is InChI=1S/C13H22N2O/c1-5-16-9-13(10(2)3)15-12-6-7-14-8-11(12)4/h6-8,10,13H,5,9H2,1-4H3,(H,14,15). The quantitative estimate of drug-likeness (QED) is 0.803. The van der Waals surface area contributed by atoms with E-state index in [1.165, 1.54) is 5.56 Å². The minimum atomic E-state index is 0.348. The number of ether oxygens (including phenoxy) is 1. The molecule has 0 saturated carbocycles. The molecule has 3 nitrogen and oxygen atoms in total. The number of anilines is 1. The monoisotopic (exact) mass is 222 g/mol. The molecule has 0 saturated heterocycles. The predicted octanol–water partition coefficient (Wildman–Crippen LogP) is 2.86. The van der Waals surface area contributed by atoms with Gasteiger partial charge in [-0.3, -0.25) is 4.98 Å². The lowest BCUT2D eigenvalue weighted by atomic mass is 10.0. The van der Waals surface area contributed by atoms with Crippen LogP contribution >= 0.6 is 0 Å². The molecule has 0 aromatic carbocycles. The average Bonchev–Trinajstić information content (AvgIpc) is 2.26. The van der Waals surface area contributed by atoms with E-state index in [9.17, 15) is 0 Å². The molecule has 0 aliphatic rings. The van der Waals surface area contributed by atoms with Crippen LogP contribution in [-0.4, -0.2) is 24.2 Å². The molecule has 0 amide bonds. The minimum Gasteiger partial charge on any atom is -0.380 e. The van der Waals surface area contributed by atoms with Gasteiger partial charge in [0.05, 0.1) is 12.6 Å². The summed E-state index contributed by atoms with van der Waals surface area (Å²) in [7, 11) is 0. The van der Waals surface area contributed by atoms with E-state index in [0.29, 0.717) is 12.0 Å². The van der Waals surface area contributed by atoms with Crippen molar-refractivity contribution in [3.05, 3.63) is 24.0 Å². The van der Waals surface area contributed by atoms with Crippen LogP contribution in [0.2, 0.25) is 0 Å². The van der Waals surface area contributed by atoms with Crippen molar-refractivity contribution in [3.8, 4) is 0 Å². The summed E-state index contributed by atoms with van der Waals surface area (Å²) in [6, 6.07) is 2.36. The Hall–Kier alpha value is -1.09. The van der Waals surface area contributed by atoms with E-state index in [1.54, 1.807) is 0 Å². The molecule has 1 N–H and O–H groups in total. The Morgan fingerprint density at radius 2 is 2.19 bits per heavy atom. The second-order valence-electron chi connectivity index (χ2n) is 4.34. The zero-order valence-electron chi connectivity index (χ0n) is 10.7. The van der Waals surface area contributed by atoms with Gasteiger partial charge < -0.3 is 10.1 Å².